The molecule has 0 fully saturated rings. The molecule has 0 aliphatic heterocycles. The van der Waals surface area contributed by atoms with E-state index in [0.29, 0.717) is 6.42 Å². The summed E-state index contributed by atoms with van der Waals surface area (Å²) in [5.74, 6) is -0.878. The molecule has 0 aromatic rings. The van der Waals surface area contributed by atoms with Crippen molar-refractivity contribution >= 4 is 5.97 Å². The standard InChI is InChI=1S/C10H14N2O2/c11-6-8-3-1-7(2-4-8)5-9(12)10(13)14/h1-4,6-7,9H,5,11-12H2,(H,13,14). The number of carbonyl (C=O) groups is 1. The Hall–Kier alpha value is -1.55. The molecule has 0 spiro atoms. The molecule has 0 amide bonds. The fourth-order valence-corrected chi connectivity index (χ4v) is 1.25. The summed E-state index contributed by atoms with van der Waals surface area (Å²) < 4.78 is 0. The van der Waals surface area contributed by atoms with Crippen LogP contribution in [0.3, 0.4) is 0 Å². The molecular formula is C10H14N2O2. The van der Waals surface area contributed by atoms with Crippen molar-refractivity contribution in [2.45, 2.75) is 12.5 Å². The lowest BCUT2D eigenvalue weighted by atomic mass is 9.94. The van der Waals surface area contributed by atoms with Crippen LogP contribution >= 0.6 is 0 Å². The first-order valence-electron chi connectivity index (χ1n) is 4.40. The van der Waals surface area contributed by atoms with Crippen molar-refractivity contribution in [3.63, 3.8) is 0 Å². The van der Waals surface area contributed by atoms with Crippen LogP contribution in [0.2, 0.25) is 0 Å². The van der Waals surface area contributed by atoms with Crippen LogP contribution in [0.25, 0.3) is 0 Å². The van der Waals surface area contributed by atoms with Crippen LogP contribution in [0.15, 0.2) is 36.1 Å². The molecule has 1 unspecified atom stereocenters. The molecule has 1 atom stereocenters. The number of carboxylic acids is 1. The number of hydrogen-bond acceptors (Lipinski definition) is 3. The van der Waals surface area contributed by atoms with E-state index in [-0.39, 0.29) is 5.92 Å². The van der Waals surface area contributed by atoms with E-state index in [4.69, 9.17) is 16.6 Å². The molecule has 0 aromatic heterocycles. The molecule has 14 heavy (non-hydrogen) atoms. The highest BCUT2D eigenvalue weighted by Gasteiger charge is 2.16. The van der Waals surface area contributed by atoms with Gasteiger partial charge in [-0.2, -0.15) is 0 Å². The molecule has 5 N–H and O–H groups in total. The molecule has 0 bridgehead atoms. The summed E-state index contributed by atoms with van der Waals surface area (Å²) in [7, 11) is 0. The number of carboxylic acid groups (broad SMARTS) is 1. The van der Waals surface area contributed by atoms with E-state index in [1.165, 1.54) is 6.20 Å². The Morgan fingerprint density at radius 1 is 1.57 bits per heavy atom. The van der Waals surface area contributed by atoms with Crippen LogP contribution in [0.4, 0.5) is 0 Å². The van der Waals surface area contributed by atoms with Crippen molar-refractivity contribution < 1.29 is 9.90 Å². The highest BCUT2D eigenvalue weighted by molar-refractivity contribution is 5.73. The van der Waals surface area contributed by atoms with E-state index in [1.54, 1.807) is 0 Å². The Morgan fingerprint density at radius 3 is 2.57 bits per heavy atom. The van der Waals surface area contributed by atoms with Crippen molar-refractivity contribution in [3.8, 4) is 0 Å². The van der Waals surface area contributed by atoms with Gasteiger partial charge in [0.05, 0.1) is 0 Å². The zero-order chi connectivity index (χ0) is 10.6. The molecule has 0 radical (unpaired) electrons. The van der Waals surface area contributed by atoms with E-state index in [1.807, 2.05) is 24.3 Å². The summed E-state index contributed by atoms with van der Waals surface area (Å²) in [5.41, 5.74) is 11.6. The van der Waals surface area contributed by atoms with Gasteiger partial charge < -0.3 is 16.6 Å². The maximum atomic E-state index is 10.5. The van der Waals surface area contributed by atoms with Gasteiger partial charge in [0.2, 0.25) is 0 Å². The van der Waals surface area contributed by atoms with Gasteiger partial charge >= 0.3 is 5.97 Å². The van der Waals surface area contributed by atoms with Crippen molar-refractivity contribution in [1.29, 1.82) is 0 Å². The van der Waals surface area contributed by atoms with Crippen LogP contribution in [0.1, 0.15) is 6.42 Å². The second-order valence-corrected chi connectivity index (χ2v) is 3.23. The van der Waals surface area contributed by atoms with E-state index >= 15 is 0 Å². The third kappa shape index (κ3) is 2.74. The zero-order valence-corrected chi connectivity index (χ0v) is 7.76. The molecule has 0 saturated heterocycles. The van der Waals surface area contributed by atoms with E-state index in [2.05, 4.69) is 0 Å². The van der Waals surface area contributed by atoms with Gasteiger partial charge in [-0.1, -0.05) is 24.3 Å². The van der Waals surface area contributed by atoms with Gasteiger partial charge in [-0.05, 0) is 17.9 Å². The molecule has 1 aliphatic carbocycles. The molecule has 0 heterocycles. The molecule has 76 valence electrons. The van der Waals surface area contributed by atoms with Gasteiger partial charge in [0.25, 0.3) is 0 Å². The number of rotatable bonds is 3. The lowest BCUT2D eigenvalue weighted by Gasteiger charge is -2.14. The minimum absolute atomic E-state index is 0.0878. The average Bonchev–Trinajstić information content (AvgIpc) is 2.19. The molecule has 4 nitrogen and oxygen atoms in total. The highest BCUT2D eigenvalue weighted by atomic mass is 16.4. The quantitative estimate of drug-likeness (QED) is 0.605. The minimum Gasteiger partial charge on any atom is -0.480 e. The zero-order valence-electron chi connectivity index (χ0n) is 7.76. The van der Waals surface area contributed by atoms with Crippen LogP contribution in [0, 0.1) is 5.92 Å². The largest absolute Gasteiger partial charge is 0.480 e. The predicted molar refractivity (Wildman–Crippen MR) is 54.3 cm³/mol. The number of aliphatic carboxylic acids is 1. The molecule has 1 aliphatic rings. The monoisotopic (exact) mass is 194 g/mol. The second kappa shape index (κ2) is 4.62. The minimum atomic E-state index is -0.966. The number of nitrogens with two attached hydrogens (primary N) is 2. The van der Waals surface area contributed by atoms with Crippen molar-refractivity contribution in [2.24, 2.45) is 17.4 Å². The normalized spacial score (nSPS) is 22.1. The Morgan fingerprint density at radius 2 is 2.14 bits per heavy atom. The second-order valence-electron chi connectivity index (χ2n) is 3.23. The van der Waals surface area contributed by atoms with Gasteiger partial charge in [0.15, 0.2) is 0 Å². The summed E-state index contributed by atoms with van der Waals surface area (Å²) in [6, 6.07) is -0.808. The lowest BCUT2D eigenvalue weighted by molar-refractivity contribution is -0.138. The summed E-state index contributed by atoms with van der Waals surface area (Å²) in [4.78, 5) is 10.5. The van der Waals surface area contributed by atoms with Gasteiger partial charge in [-0.25, -0.2) is 0 Å². The number of allylic oxidation sites excluding steroid dienone is 5. The molecule has 0 saturated carbocycles. The van der Waals surface area contributed by atoms with Crippen LogP contribution < -0.4 is 11.5 Å². The van der Waals surface area contributed by atoms with Crippen LogP contribution in [-0.4, -0.2) is 17.1 Å². The first-order valence-corrected chi connectivity index (χ1v) is 4.40. The van der Waals surface area contributed by atoms with Gasteiger partial charge in [-0.3, -0.25) is 4.79 Å². The first kappa shape index (κ1) is 10.5. The van der Waals surface area contributed by atoms with E-state index in [0.717, 1.165) is 5.57 Å². The fraction of sp³-hybridized carbons (Fsp3) is 0.300. The maximum absolute atomic E-state index is 10.5. The van der Waals surface area contributed by atoms with E-state index in [9.17, 15) is 4.79 Å². The predicted octanol–water partition coefficient (Wildman–Crippen LogP) is 0.373. The SMILES string of the molecule is NC=C1C=CC(CC(N)C(=O)O)C=C1. The molecule has 0 aromatic carbocycles. The van der Waals surface area contributed by atoms with Gasteiger partial charge in [-0.15, -0.1) is 0 Å². The maximum Gasteiger partial charge on any atom is 0.320 e. The fourth-order valence-electron chi connectivity index (χ4n) is 1.25. The average molecular weight is 194 g/mol. The van der Waals surface area contributed by atoms with Crippen LogP contribution in [0.5, 0.6) is 0 Å². The summed E-state index contributed by atoms with van der Waals surface area (Å²) in [6.45, 7) is 0. The summed E-state index contributed by atoms with van der Waals surface area (Å²) >= 11 is 0. The third-order valence-corrected chi connectivity index (χ3v) is 2.11. The Balaban J connectivity index is 2.51. The van der Waals surface area contributed by atoms with Gasteiger partial charge in [0, 0.05) is 6.20 Å². The molecule has 4 heteroatoms. The first-order chi connectivity index (χ1) is 6.63. The Kier molecular flexibility index (Phi) is 3.48. The third-order valence-electron chi connectivity index (χ3n) is 2.11. The molecule has 1 rings (SSSR count). The topological polar surface area (TPSA) is 89.3 Å². The van der Waals surface area contributed by atoms with Crippen molar-refractivity contribution in [1.82, 2.24) is 0 Å². The van der Waals surface area contributed by atoms with E-state index < -0.39 is 12.0 Å². The smallest absolute Gasteiger partial charge is 0.320 e. The van der Waals surface area contributed by atoms with Gasteiger partial charge in [0.1, 0.15) is 6.04 Å². The Labute approximate surface area is 82.6 Å². The van der Waals surface area contributed by atoms with Crippen LogP contribution in [-0.2, 0) is 4.79 Å². The lowest BCUT2D eigenvalue weighted by Crippen LogP contribution is -2.31. The Bertz CT molecular complexity index is 289. The highest BCUT2D eigenvalue weighted by Crippen LogP contribution is 2.17. The molecular weight excluding hydrogens is 180 g/mol. The van der Waals surface area contributed by atoms with Crippen molar-refractivity contribution in [2.75, 3.05) is 0 Å². The number of hydrogen-bond donors (Lipinski definition) is 3. The summed E-state index contributed by atoms with van der Waals surface area (Å²) in [5, 5.41) is 8.61. The van der Waals surface area contributed by atoms with Crippen molar-refractivity contribution in [3.05, 3.63) is 36.1 Å². The summed E-state index contributed by atoms with van der Waals surface area (Å²) in [6.07, 6.45) is 9.45.